The van der Waals surface area contributed by atoms with E-state index in [0.717, 1.165) is 25.1 Å². The van der Waals surface area contributed by atoms with Gasteiger partial charge in [0.05, 0.1) is 0 Å². The number of halogens is 1. The summed E-state index contributed by atoms with van der Waals surface area (Å²) in [5, 5.41) is 3.44. The highest BCUT2D eigenvalue weighted by Crippen LogP contribution is 2.29. The molecule has 19 heavy (non-hydrogen) atoms. The van der Waals surface area contributed by atoms with Crippen LogP contribution in [0, 0.1) is 5.82 Å². The Morgan fingerprint density at radius 1 is 1.16 bits per heavy atom. The number of hydrogen-bond donors (Lipinski definition) is 1. The van der Waals surface area contributed by atoms with E-state index in [0.29, 0.717) is 11.5 Å². The van der Waals surface area contributed by atoms with E-state index in [-0.39, 0.29) is 5.82 Å². The summed E-state index contributed by atoms with van der Waals surface area (Å²) in [6, 6.07) is 13.3. The van der Waals surface area contributed by atoms with Crippen LogP contribution in [0.15, 0.2) is 42.5 Å². The number of rotatable bonds is 1. The van der Waals surface area contributed by atoms with Gasteiger partial charge in [0.15, 0.2) is 0 Å². The van der Waals surface area contributed by atoms with Gasteiger partial charge in [0.25, 0.3) is 0 Å². The summed E-state index contributed by atoms with van der Waals surface area (Å²) in [5.41, 5.74) is 4.41. The van der Waals surface area contributed by atoms with E-state index >= 15 is 0 Å². The quantitative estimate of drug-likeness (QED) is 0.818. The molecule has 1 unspecified atom stereocenters. The second kappa shape index (κ2) is 5.14. The number of nitrogens with one attached hydrogen (secondary N) is 1. The molecule has 3 rings (SSSR count). The van der Waals surface area contributed by atoms with Crippen molar-refractivity contribution in [3.05, 3.63) is 59.4 Å². The van der Waals surface area contributed by atoms with Gasteiger partial charge in [-0.15, -0.1) is 0 Å². The maximum Gasteiger partial charge on any atom is 0.131 e. The first-order valence-corrected chi connectivity index (χ1v) is 6.84. The molecule has 0 aromatic heterocycles. The van der Waals surface area contributed by atoms with E-state index in [4.69, 9.17) is 0 Å². The fourth-order valence-corrected chi connectivity index (χ4v) is 2.82. The third kappa shape index (κ3) is 2.41. The minimum atomic E-state index is -0.151. The van der Waals surface area contributed by atoms with Crippen molar-refractivity contribution in [3.8, 4) is 11.1 Å². The topological polar surface area (TPSA) is 12.0 Å². The zero-order valence-electron chi connectivity index (χ0n) is 11.1. The van der Waals surface area contributed by atoms with Gasteiger partial charge in [-0.05, 0) is 41.6 Å². The fraction of sp³-hybridized carbons (Fsp3) is 0.294. The van der Waals surface area contributed by atoms with Gasteiger partial charge in [0.2, 0.25) is 0 Å². The largest absolute Gasteiger partial charge is 0.316 e. The normalized spacial score (nSPS) is 18.7. The van der Waals surface area contributed by atoms with Crippen LogP contribution in [0.4, 0.5) is 4.39 Å². The highest BCUT2D eigenvalue weighted by Gasteiger charge is 2.15. The lowest BCUT2D eigenvalue weighted by atomic mass is 9.92. The van der Waals surface area contributed by atoms with Gasteiger partial charge in [0, 0.05) is 12.1 Å². The number of fused-ring (bicyclic) bond motifs is 1. The van der Waals surface area contributed by atoms with E-state index < -0.39 is 0 Å². The standard InChI is InChI=1S/C17H18FN/c1-12-11-19-9-8-14-10-13(6-7-15(12)14)16-4-2-3-5-17(16)18/h2-7,10,12,19H,8-9,11H2,1H3. The van der Waals surface area contributed by atoms with Gasteiger partial charge in [-0.25, -0.2) is 4.39 Å². The van der Waals surface area contributed by atoms with Crippen molar-refractivity contribution >= 4 is 0 Å². The number of hydrogen-bond acceptors (Lipinski definition) is 1. The summed E-state index contributed by atoms with van der Waals surface area (Å²) in [6.07, 6.45) is 1.02. The molecule has 2 heteroatoms. The lowest BCUT2D eigenvalue weighted by Crippen LogP contribution is -2.18. The maximum atomic E-state index is 13.9. The minimum Gasteiger partial charge on any atom is -0.316 e. The van der Waals surface area contributed by atoms with E-state index in [9.17, 15) is 4.39 Å². The summed E-state index contributed by atoms with van der Waals surface area (Å²) < 4.78 is 13.9. The molecule has 0 radical (unpaired) electrons. The Morgan fingerprint density at radius 3 is 2.84 bits per heavy atom. The van der Waals surface area contributed by atoms with Crippen molar-refractivity contribution in [2.45, 2.75) is 19.3 Å². The summed E-state index contributed by atoms with van der Waals surface area (Å²) in [5.74, 6) is 0.370. The molecular weight excluding hydrogens is 237 g/mol. The Morgan fingerprint density at radius 2 is 2.00 bits per heavy atom. The molecule has 0 saturated heterocycles. The van der Waals surface area contributed by atoms with E-state index in [1.54, 1.807) is 6.07 Å². The molecule has 0 spiro atoms. The van der Waals surface area contributed by atoms with Crippen LogP contribution in [0.5, 0.6) is 0 Å². The van der Waals surface area contributed by atoms with Crippen LogP contribution >= 0.6 is 0 Å². The van der Waals surface area contributed by atoms with Gasteiger partial charge in [-0.2, -0.15) is 0 Å². The Hall–Kier alpha value is -1.67. The SMILES string of the molecule is CC1CNCCc2cc(-c3ccccc3F)ccc21. The third-order valence-corrected chi connectivity index (χ3v) is 3.88. The third-order valence-electron chi connectivity index (χ3n) is 3.88. The first-order valence-electron chi connectivity index (χ1n) is 6.84. The molecule has 2 aromatic rings. The van der Waals surface area contributed by atoms with Crippen LogP contribution in [0.1, 0.15) is 24.0 Å². The smallest absolute Gasteiger partial charge is 0.131 e. The van der Waals surface area contributed by atoms with Crippen molar-refractivity contribution in [2.75, 3.05) is 13.1 Å². The van der Waals surface area contributed by atoms with E-state index in [1.807, 2.05) is 18.2 Å². The van der Waals surface area contributed by atoms with Crippen LogP contribution in [-0.4, -0.2) is 13.1 Å². The highest BCUT2D eigenvalue weighted by molar-refractivity contribution is 5.65. The fourth-order valence-electron chi connectivity index (χ4n) is 2.82. The highest BCUT2D eigenvalue weighted by atomic mass is 19.1. The molecule has 0 saturated carbocycles. The summed E-state index contributed by atoms with van der Waals surface area (Å²) >= 11 is 0. The lowest BCUT2D eigenvalue weighted by molar-refractivity contribution is 0.631. The van der Waals surface area contributed by atoms with Crippen LogP contribution in [0.3, 0.4) is 0 Å². The van der Waals surface area contributed by atoms with Gasteiger partial charge in [-0.3, -0.25) is 0 Å². The van der Waals surface area contributed by atoms with Crippen LogP contribution in [-0.2, 0) is 6.42 Å². The molecule has 0 bridgehead atoms. The van der Waals surface area contributed by atoms with E-state index in [2.05, 4.69) is 24.4 Å². The predicted molar refractivity (Wildman–Crippen MR) is 76.8 cm³/mol. The second-order valence-corrected chi connectivity index (χ2v) is 5.25. The molecule has 1 heterocycles. The molecule has 0 fully saturated rings. The van der Waals surface area contributed by atoms with Gasteiger partial charge in [0.1, 0.15) is 5.82 Å². The molecule has 98 valence electrons. The minimum absolute atomic E-state index is 0.151. The van der Waals surface area contributed by atoms with Crippen molar-refractivity contribution in [1.29, 1.82) is 0 Å². The predicted octanol–water partition coefficient (Wildman–Crippen LogP) is 3.74. The summed E-state index contributed by atoms with van der Waals surface area (Å²) in [6.45, 7) is 4.25. The van der Waals surface area contributed by atoms with Gasteiger partial charge < -0.3 is 5.32 Å². The average Bonchev–Trinajstić information content (AvgIpc) is 2.61. The number of benzene rings is 2. The Labute approximate surface area is 113 Å². The zero-order valence-corrected chi connectivity index (χ0v) is 11.1. The van der Waals surface area contributed by atoms with Crippen LogP contribution < -0.4 is 5.32 Å². The van der Waals surface area contributed by atoms with Crippen LogP contribution in [0.25, 0.3) is 11.1 Å². The molecule has 1 N–H and O–H groups in total. The Bertz CT molecular complexity index is 592. The van der Waals surface area contributed by atoms with E-state index in [1.165, 1.54) is 17.2 Å². The monoisotopic (exact) mass is 255 g/mol. The maximum absolute atomic E-state index is 13.9. The molecule has 0 amide bonds. The first-order chi connectivity index (χ1) is 9.25. The molecule has 0 aliphatic carbocycles. The molecule has 1 nitrogen and oxygen atoms in total. The molecule has 1 atom stereocenters. The average molecular weight is 255 g/mol. The van der Waals surface area contributed by atoms with Gasteiger partial charge in [-0.1, -0.05) is 43.3 Å². The zero-order chi connectivity index (χ0) is 13.2. The summed E-state index contributed by atoms with van der Waals surface area (Å²) in [7, 11) is 0. The molecular formula is C17H18FN. The van der Waals surface area contributed by atoms with Crippen molar-refractivity contribution in [1.82, 2.24) is 5.32 Å². The second-order valence-electron chi connectivity index (χ2n) is 5.25. The Kier molecular flexibility index (Phi) is 3.34. The molecule has 1 aliphatic rings. The summed E-state index contributed by atoms with van der Waals surface area (Å²) in [4.78, 5) is 0. The lowest BCUT2D eigenvalue weighted by Gasteiger charge is -2.14. The Balaban J connectivity index is 2.06. The first kappa shape index (κ1) is 12.4. The van der Waals surface area contributed by atoms with Crippen molar-refractivity contribution < 1.29 is 4.39 Å². The van der Waals surface area contributed by atoms with Crippen LogP contribution in [0.2, 0.25) is 0 Å². The van der Waals surface area contributed by atoms with Crippen molar-refractivity contribution in [2.24, 2.45) is 0 Å². The molecule has 1 aliphatic heterocycles. The van der Waals surface area contributed by atoms with Gasteiger partial charge >= 0.3 is 0 Å². The van der Waals surface area contributed by atoms with Crippen molar-refractivity contribution in [3.63, 3.8) is 0 Å². The molecule has 2 aromatic carbocycles.